The summed E-state index contributed by atoms with van der Waals surface area (Å²) in [6.07, 6.45) is 8.18. The number of aryl methyl sites for hydroxylation is 2. The average molecular weight is 285 g/mol. The molecular weight excluding hydrogens is 258 g/mol. The van der Waals surface area contributed by atoms with Crippen LogP contribution in [0.4, 0.5) is 0 Å². The Kier molecular flexibility index (Phi) is 4.44. The predicted octanol–water partition coefficient (Wildman–Crippen LogP) is 3.73. The summed E-state index contributed by atoms with van der Waals surface area (Å²) in [7, 11) is 0. The van der Waals surface area contributed by atoms with Crippen LogP contribution in [0.1, 0.15) is 55.2 Å². The van der Waals surface area contributed by atoms with Crippen molar-refractivity contribution in [2.75, 3.05) is 0 Å². The fraction of sp³-hybridized carbons (Fsp3) is 0.632. The number of carbonyl (C=O) groups is 1. The zero-order valence-electron chi connectivity index (χ0n) is 13.3. The molecule has 0 bridgehead atoms. The Morgan fingerprint density at radius 1 is 1.10 bits per heavy atom. The number of ketones is 1. The van der Waals surface area contributed by atoms with Crippen molar-refractivity contribution in [2.24, 2.45) is 5.92 Å². The first-order valence-electron chi connectivity index (χ1n) is 8.49. The molecule has 2 fully saturated rings. The minimum atomic E-state index is 0.0864. The molecule has 2 nitrogen and oxygen atoms in total. The molecule has 2 heteroatoms. The first-order chi connectivity index (χ1) is 10.1. The number of piperidine rings is 1. The van der Waals surface area contributed by atoms with Crippen molar-refractivity contribution in [3.05, 3.63) is 34.9 Å². The van der Waals surface area contributed by atoms with E-state index in [9.17, 15) is 4.79 Å². The SMILES string of the molecule is Cc1cccc(C)c1CC(=O)C1CCC2CCCCC2N1. The third-order valence-electron chi connectivity index (χ3n) is 5.53. The second-order valence-corrected chi connectivity index (χ2v) is 6.96. The van der Waals surface area contributed by atoms with E-state index in [2.05, 4.69) is 37.4 Å². The standard InChI is InChI=1S/C19H27NO/c1-13-6-5-7-14(2)16(13)12-19(21)18-11-10-15-8-3-4-9-17(15)20-18/h5-7,15,17-18,20H,3-4,8-12H2,1-2H3. The molecule has 1 N–H and O–H groups in total. The lowest BCUT2D eigenvalue weighted by Crippen LogP contribution is -2.52. The number of hydrogen-bond acceptors (Lipinski definition) is 2. The van der Waals surface area contributed by atoms with E-state index in [1.54, 1.807) is 0 Å². The minimum absolute atomic E-state index is 0.0864. The monoisotopic (exact) mass is 285 g/mol. The molecule has 1 saturated heterocycles. The zero-order valence-corrected chi connectivity index (χ0v) is 13.3. The lowest BCUT2D eigenvalue weighted by Gasteiger charge is -2.40. The van der Waals surface area contributed by atoms with Gasteiger partial charge in [0.15, 0.2) is 5.78 Å². The molecule has 0 radical (unpaired) electrons. The van der Waals surface area contributed by atoms with Gasteiger partial charge in [0.2, 0.25) is 0 Å². The van der Waals surface area contributed by atoms with Gasteiger partial charge in [-0.3, -0.25) is 4.79 Å². The van der Waals surface area contributed by atoms with Crippen LogP contribution in [-0.4, -0.2) is 17.9 Å². The van der Waals surface area contributed by atoms with Gasteiger partial charge >= 0.3 is 0 Å². The summed E-state index contributed by atoms with van der Waals surface area (Å²) < 4.78 is 0. The number of Topliss-reactive ketones (excluding diaryl/α,β-unsaturated/α-hetero) is 1. The highest BCUT2D eigenvalue weighted by Gasteiger charge is 2.34. The lowest BCUT2D eigenvalue weighted by atomic mass is 9.77. The lowest BCUT2D eigenvalue weighted by molar-refractivity contribution is -0.121. The summed E-state index contributed by atoms with van der Waals surface area (Å²) in [5.41, 5.74) is 3.72. The molecule has 1 aromatic rings. The maximum atomic E-state index is 12.7. The third-order valence-corrected chi connectivity index (χ3v) is 5.53. The summed E-state index contributed by atoms with van der Waals surface area (Å²) in [5, 5.41) is 3.66. The molecule has 3 rings (SSSR count). The number of rotatable bonds is 3. The molecular formula is C19H27NO. The molecule has 1 heterocycles. The van der Waals surface area contributed by atoms with Crippen LogP contribution in [0, 0.1) is 19.8 Å². The number of benzene rings is 1. The zero-order chi connectivity index (χ0) is 14.8. The van der Waals surface area contributed by atoms with E-state index in [0.29, 0.717) is 18.2 Å². The Morgan fingerprint density at radius 3 is 2.57 bits per heavy atom. The maximum Gasteiger partial charge on any atom is 0.154 e. The molecule has 21 heavy (non-hydrogen) atoms. The molecule has 0 amide bonds. The largest absolute Gasteiger partial charge is 0.304 e. The normalized spacial score (nSPS) is 29.0. The van der Waals surface area contributed by atoms with Crippen LogP contribution in [0.3, 0.4) is 0 Å². The molecule has 1 saturated carbocycles. The van der Waals surface area contributed by atoms with Crippen molar-refractivity contribution in [3.63, 3.8) is 0 Å². The summed E-state index contributed by atoms with van der Waals surface area (Å²) in [4.78, 5) is 12.7. The summed E-state index contributed by atoms with van der Waals surface area (Å²) >= 11 is 0. The topological polar surface area (TPSA) is 29.1 Å². The molecule has 3 unspecified atom stereocenters. The molecule has 3 atom stereocenters. The highest BCUT2D eigenvalue weighted by Crippen LogP contribution is 2.32. The van der Waals surface area contributed by atoms with Gasteiger partial charge in [-0.1, -0.05) is 31.0 Å². The summed E-state index contributed by atoms with van der Waals surface area (Å²) in [5.74, 6) is 1.21. The van der Waals surface area contributed by atoms with Gasteiger partial charge in [-0.2, -0.15) is 0 Å². The number of fused-ring (bicyclic) bond motifs is 1. The van der Waals surface area contributed by atoms with E-state index in [1.807, 2.05) is 0 Å². The third kappa shape index (κ3) is 3.21. The molecule has 0 aromatic heterocycles. The minimum Gasteiger partial charge on any atom is -0.304 e. The van der Waals surface area contributed by atoms with Gasteiger partial charge < -0.3 is 5.32 Å². The second-order valence-electron chi connectivity index (χ2n) is 6.96. The number of hydrogen-bond donors (Lipinski definition) is 1. The van der Waals surface area contributed by atoms with Gasteiger partial charge in [-0.15, -0.1) is 0 Å². The van der Waals surface area contributed by atoms with Gasteiger partial charge in [0.1, 0.15) is 0 Å². The predicted molar refractivity (Wildman–Crippen MR) is 86.5 cm³/mol. The summed E-state index contributed by atoms with van der Waals surface area (Å²) in [6.45, 7) is 4.22. The smallest absolute Gasteiger partial charge is 0.154 e. The second kappa shape index (κ2) is 6.31. The fourth-order valence-corrected chi connectivity index (χ4v) is 4.17. The highest BCUT2D eigenvalue weighted by molar-refractivity contribution is 5.86. The van der Waals surface area contributed by atoms with Gasteiger partial charge in [0, 0.05) is 12.5 Å². The van der Waals surface area contributed by atoms with Crippen molar-refractivity contribution >= 4 is 5.78 Å². The molecule has 2 aliphatic rings. The van der Waals surface area contributed by atoms with Gasteiger partial charge in [0.05, 0.1) is 6.04 Å². The van der Waals surface area contributed by atoms with Crippen LogP contribution in [0.2, 0.25) is 0 Å². The molecule has 1 aromatic carbocycles. The molecule has 114 valence electrons. The molecule has 0 spiro atoms. The average Bonchev–Trinajstić information content (AvgIpc) is 2.50. The van der Waals surface area contributed by atoms with Crippen molar-refractivity contribution in [1.82, 2.24) is 5.32 Å². The first kappa shape index (κ1) is 14.8. The Labute approximate surface area is 128 Å². The maximum absolute atomic E-state index is 12.7. The van der Waals surface area contributed by atoms with Gasteiger partial charge in [0.25, 0.3) is 0 Å². The van der Waals surface area contributed by atoms with Gasteiger partial charge in [-0.25, -0.2) is 0 Å². The van der Waals surface area contributed by atoms with Crippen LogP contribution in [0.5, 0.6) is 0 Å². The van der Waals surface area contributed by atoms with Crippen LogP contribution < -0.4 is 5.32 Å². The Hall–Kier alpha value is -1.15. The number of nitrogens with one attached hydrogen (secondary N) is 1. The van der Waals surface area contributed by atoms with Crippen LogP contribution in [0.25, 0.3) is 0 Å². The fourth-order valence-electron chi connectivity index (χ4n) is 4.17. The Balaban J connectivity index is 1.66. The molecule has 1 aliphatic carbocycles. The van der Waals surface area contributed by atoms with Crippen LogP contribution in [-0.2, 0) is 11.2 Å². The van der Waals surface area contributed by atoms with E-state index >= 15 is 0 Å². The van der Waals surface area contributed by atoms with E-state index in [-0.39, 0.29) is 6.04 Å². The Bertz CT molecular complexity index is 502. The quantitative estimate of drug-likeness (QED) is 0.917. The first-order valence-corrected chi connectivity index (χ1v) is 8.49. The van der Waals surface area contributed by atoms with Crippen molar-refractivity contribution in [2.45, 2.75) is 70.9 Å². The van der Waals surface area contributed by atoms with E-state index < -0.39 is 0 Å². The van der Waals surface area contributed by atoms with Crippen molar-refractivity contribution in [3.8, 4) is 0 Å². The van der Waals surface area contributed by atoms with Crippen LogP contribution >= 0.6 is 0 Å². The van der Waals surface area contributed by atoms with Gasteiger partial charge in [-0.05, 0) is 62.1 Å². The van der Waals surface area contributed by atoms with E-state index in [4.69, 9.17) is 0 Å². The van der Waals surface area contributed by atoms with E-state index in [1.165, 1.54) is 48.8 Å². The van der Waals surface area contributed by atoms with Crippen molar-refractivity contribution in [1.29, 1.82) is 0 Å². The summed E-state index contributed by atoms with van der Waals surface area (Å²) in [6, 6.07) is 6.98. The highest BCUT2D eigenvalue weighted by atomic mass is 16.1. The number of carbonyl (C=O) groups excluding carboxylic acids is 1. The molecule has 1 aliphatic heterocycles. The van der Waals surface area contributed by atoms with E-state index in [0.717, 1.165) is 12.3 Å². The van der Waals surface area contributed by atoms with Crippen molar-refractivity contribution < 1.29 is 4.79 Å². The Morgan fingerprint density at radius 2 is 1.81 bits per heavy atom. The van der Waals surface area contributed by atoms with Crippen LogP contribution in [0.15, 0.2) is 18.2 Å².